The fourth-order valence-corrected chi connectivity index (χ4v) is 5.83. The van der Waals surface area contributed by atoms with Crippen LogP contribution in [0.2, 0.25) is 0 Å². The molecule has 23 heavy (non-hydrogen) atoms. The third-order valence-electron chi connectivity index (χ3n) is 6.95. The summed E-state index contributed by atoms with van der Waals surface area (Å²) in [6.07, 6.45) is 10.1. The molecule has 0 N–H and O–H groups in total. The minimum atomic E-state index is 0.00830. The monoisotopic (exact) mass is 320 g/mol. The molecule has 1 amide bonds. The van der Waals surface area contributed by atoms with Crippen LogP contribution in [0.25, 0.3) is 0 Å². The highest BCUT2D eigenvalue weighted by atomic mass is 16.5. The SMILES string of the molecule is CN(C)C[C@H]1[C@H]2CN(C(=O)CCC3CCCC3)C[C@]23CC[C@H]1O3. The molecule has 0 aromatic carbocycles. The molecule has 1 spiro atoms. The van der Waals surface area contributed by atoms with Crippen molar-refractivity contribution in [3.05, 3.63) is 0 Å². The van der Waals surface area contributed by atoms with Crippen LogP contribution >= 0.6 is 0 Å². The molecule has 1 aliphatic carbocycles. The number of carbonyl (C=O) groups is 1. The van der Waals surface area contributed by atoms with Crippen LogP contribution in [0.3, 0.4) is 0 Å². The van der Waals surface area contributed by atoms with Gasteiger partial charge in [-0.1, -0.05) is 25.7 Å². The minimum absolute atomic E-state index is 0.00830. The van der Waals surface area contributed by atoms with Gasteiger partial charge in [0.25, 0.3) is 0 Å². The minimum Gasteiger partial charge on any atom is -0.369 e. The maximum absolute atomic E-state index is 12.7. The third kappa shape index (κ3) is 2.82. The average molecular weight is 320 g/mol. The summed E-state index contributed by atoms with van der Waals surface area (Å²) >= 11 is 0. The van der Waals surface area contributed by atoms with E-state index in [1.807, 2.05) is 0 Å². The Morgan fingerprint density at radius 1 is 1.26 bits per heavy atom. The number of hydrogen-bond acceptors (Lipinski definition) is 3. The Morgan fingerprint density at radius 3 is 2.78 bits per heavy atom. The van der Waals surface area contributed by atoms with E-state index in [1.54, 1.807) is 0 Å². The Bertz CT molecular complexity index is 460. The van der Waals surface area contributed by atoms with Crippen molar-refractivity contribution < 1.29 is 9.53 Å². The number of ether oxygens (including phenoxy) is 1. The lowest BCUT2D eigenvalue weighted by Crippen LogP contribution is -2.40. The van der Waals surface area contributed by atoms with Gasteiger partial charge in [-0.3, -0.25) is 4.79 Å². The topological polar surface area (TPSA) is 32.8 Å². The smallest absolute Gasteiger partial charge is 0.222 e. The molecule has 4 rings (SSSR count). The van der Waals surface area contributed by atoms with Gasteiger partial charge in [-0.25, -0.2) is 0 Å². The molecule has 130 valence electrons. The Morgan fingerprint density at radius 2 is 2.04 bits per heavy atom. The predicted molar refractivity (Wildman–Crippen MR) is 90.1 cm³/mol. The number of fused-ring (bicyclic) bond motifs is 1. The molecule has 4 fully saturated rings. The molecule has 3 aliphatic heterocycles. The lowest BCUT2D eigenvalue weighted by Gasteiger charge is -2.30. The van der Waals surface area contributed by atoms with Gasteiger partial charge in [0.15, 0.2) is 0 Å². The van der Waals surface area contributed by atoms with E-state index in [9.17, 15) is 4.79 Å². The Balaban J connectivity index is 1.36. The molecule has 2 bridgehead atoms. The van der Waals surface area contributed by atoms with Crippen molar-refractivity contribution in [3.8, 4) is 0 Å². The van der Waals surface area contributed by atoms with Crippen LogP contribution in [0.5, 0.6) is 0 Å². The molecule has 0 aromatic heterocycles. The Kier molecular flexibility index (Phi) is 4.17. The lowest BCUT2D eigenvalue weighted by molar-refractivity contribution is -0.132. The summed E-state index contributed by atoms with van der Waals surface area (Å²) in [4.78, 5) is 17.1. The second-order valence-corrected chi connectivity index (χ2v) is 8.76. The molecule has 4 aliphatic rings. The molecule has 0 unspecified atom stereocenters. The molecule has 0 aromatic rings. The largest absolute Gasteiger partial charge is 0.369 e. The first-order chi connectivity index (χ1) is 11.1. The van der Waals surface area contributed by atoms with E-state index in [1.165, 1.54) is 38.5 Å². The summed E-state index contributed by atoms with van der Waals surface area (Å²) in [5.74, 6) is 2.38. The van der Waals surface area contributed by atoms with Crippen LogP contribution in [0.4, 0.5) is 0 Å². The number of likely N-dealkylation sites (tertiary alicyclic amines) is 1. The van der Waals surface area contributed by atoms with Crippen LogP contribution in [-0.4, -0.2) is 61.1 Å². The van der Waals surface area contributed by atoms with Gasteiger partial charge >= 0.3 is 0 Å². The summed E-state index contributed by atoms with van der Waals surface area (Å²) in [7, 11) is 4.30. The van der Waals surface area contributed by atoms with Crippen LogP contribution in [0, 0.1) is 17.8 Å². The quantitative estimate of drug-likeness (QED) is 0.780. The zero-order valence-electron chi connectivity index (χ0n) is 14.8. The maximum Gasteiger partial charge on any atom is 0.222 e. The summed E-state index contributed by atoms with van der Waals surface area (Å²) in [5.41, 5.74) is 0.00830. The standard InChI is InChI=1S/C19H32N2O2/c1-20(2)11-15-16-12-21(13-19(16)10-9-17(15)23-19)18(22)8-7-14-5-3-4-6-14/h14-17H,3-13H2,1-2H3/t15-,16+,17+,19+/m0/s1. The van der Waals surface area contributed by atoms with E-state index >= 15 is 0 Å². The van der Waals surface area contributed by atoms with Crippen molar-refractivity contribution in [2.24, 2.45) is 17.8 Å². The zero-order chi connectivity index (χ0) is 16.0. The van der Waals surface area contributed by atoms with E-state index in [0.717, 1.165) is 38.4 Å². The fraction of sp³-hybridized carbons (Fsp3) is 0.947. The molecule has 4 nitrogen and oxygen atoms in total. The van der Waals surface area contributed by atoms with Crippen LogP contribution in [0.15, 0.2) is 0 Å². The summed E-state index contributed by atoms with van der Waals surface area (Å²) in [6, 6.07) is 0. The highest BCUT2D eigenvalue weighted by Gasteiger charge is 2.63. The van der Waals surface area contributed by atoms with Gasteiger partial charge in [0.1, 0.15) is 0 Å². The zero-order valence-corrected chi connectivity index (χ0v) is 14.8. The summed E-state index contributed by atoms with van der Waals surface area (Å²) < 4.78 is 6.44. The predicted octanol–water partition coefficient (Wildman–Crippen LogP) is 2.52. The highest BCUT2D eigenvalue weighted by molar-refractivity contribution is 5.76. The number of carbonyl (C=O) groups excluding carboxylic acids is 1. The molecular formula is C19H32N2O2. The molecule has 3 heterocycles. The summed E-state index contributed by atoms with van der Waals surface area (Å²) in [6.45, 7) is 2.90. The molecular weight excluding hydrogens is 288 g/mol. The van der Waals surface area contributed by atoms with Crippen molar-refractivity contribution in [1.82, 2.24) is 9.80 Å². The van der Waals surface area contributed by atoms with Crippen LogP contribution in [-0.2, 0) is 9.53 Å². The van der Waals surface area contributed by atoms with E-state index in [4.69, 9.17) is 4.74 Å². The molecule has 4 atom stereocenters. The van der Waals surface area contributed by atoms with Crippen molar-refractivity contribution >= 4 is 5.91 Å². The lowest BCUT2D eigenvalue weighted by atomic mass is 9.73. The van der Waals surface area contributed by atoms with E-state index in [0.29, 0.717) is 23.8 Å². The van der Waals surface area contributed by atoms with Crippen molar-refractivity contribution in [2.75, 3.05) is 33.7 Å². The van der Waals surface area contributed by atoms with Gasteiger partial charge in [0.2, 0.25) is 5.91 Å². The maximum atomic E-state index is 12.7. The first-order valence-corrected chi connectivity index (χ1v) is 9.68. The second kappa shape index (κ2) is 6.03. The van der Waals surface area contributed by atoms with Gasteiger partial charge < -0.3 is 14.5 Å². The second-order valence-electron chi connectivity index (χ2n) is 8.76. The van der Waals surface area contributed by atoms with E-state index in [2.05, 4.69) is 23.9 Å². The van der Waals surface area contributed by atoms with Gasteiger partial charge in [0, 0.05) is 31.3 Å². The molecule has 1 saturated carbocycles. The van der Waals surface area contributed by atoms with E-state index in [-0.39, 0.29) is 5.60 Å². The van der Waals surface area contributed by atoms with E-state index < -0.39 is 0 Å². The van der Waals surface area contributed by atoms with Crippen LogP contribution in [0.1, 0.15) is 51.4 Å². The summed E-state index contributed by atoms with van der Waals surface area (Å²) in [5, 5.41) is 0. The first-order valence-electron chi connectivity index (χ1n) is 9.68. The number of rotatable bonds is 5. The third-order valence-corrected chi connectivity index (χ3v) is 6.95. The van der Waals surface area contributed by atoms with Gasteiger partial charge in [0.05, 0.1) is 18.2 Å². The Hall–Kier alpha value is -0.610. The van der Waals surface area contributed by atoms with Crippen LogP contribution < -0.4 is 0 Å². The van der Waals surface area contributed by atoms with Gasteiger partial charge in [-0.15, -0.1) is 0 Å². The Labute approximate surface area is 140 Å². The number of hydrogen-bond donors (Lipinski definition) is 0. The number of amides is 1. The normalized spacial score (nSPS) is 39.6. The fourth-order valence-electron chi connectivity index (χ4n) is 5.83. The van der Waals surface area contributed by atoms with Crippen molar-refractivity contribution in [2.45, 2.75) is 63.1 Å². The molecule has 4 heteroatoms. The molecule has 3 saturated heterocycles. The first kappa shape index (κ1) is 15.9. The molecule has 0 radical (unpaired) electrons. The van der Waals surface area contributed by atoms with Gasteiger partial charge in [-0.05, 0) is 39.3 Å². The highest BCUT2D eigenvalue weighted by Crippen LogP contribution is 2.55. The van der Waals surface area contributed by atoms with Crippen molar-refractivity contribution in [3.63, 3.8) is 0 Å². The number of nitrogens with zero attached hydrogens (tertiary/aromatic N) is 2. The van der Waals surface area contributed by atoms with Crippen molar-refractivity contribution in [1.29, 1.82) is 0 Å². The van der Waals surface area contributed by atoms with Gasteiger partial charge in [-0.2, -0.15) is 0 Å². The average Bonchev–Trinajstić information content (AvgIpc) is 3.26.